The summed E-state index contributed by atoms with van der Waals surface area (Å²) in [5.74, 6) is -1.64. The normalized spacial score (nSPS) is 11.4. The molecule has 0 saturated heterocycles. The first kappa shape index (κ1) is 14.5. The zero-order chi connectivity index (χ0) is 13.6. The Labute approximate surface area is 106 Å². The van der Waals surface area contributed by atoms with Crippen LogP contribution in [-0.2, 0) is 14.8 Å². The zero-order valence-corrected chi connectivity index (χ0v) is 10.8. The maximum atomic E-state index is 11.5. The smallest absolute Gasteiger partial charge is 0.320 e. The van der Waals surface area contributed by atoms with Gasteiger partial charge in [0, 0.05) is 13.6 Å². The van der Waals surface area contributed by atoms with Crippen LogP contribution in [0.25, 0.3) is 0 Å². The minimum Gasteiger partial charge on any atom is -0.492 e. The number of carboxylic acid groups (broad SMARTS) is 1. The van der Waals surface area contributed by atoms with Crippen molar-refractivity contribution in [1.82, 2.24) is 4.31 Å². The van der Waals surface area contributed by atoms with Gasteiger partial charge in [-0.25, -0.2) is 12.7 Å². The minimum atomic E-state index is -3.76. The Bertz CT molecular complexity index is 485. The third kappa shape index (κ3) is 4.72. The van der Waals surface area contributed by atoms with Gasteiger partial charge in [0.05, 0.1) is 0 Å². The predicted octanol–water partition coefficient (Wildman–Crippen LogP) is 0.412. The van der Waals surface area contributed by atoms with Gasteiger partial charge in [-0.2, -0.15) is 0 Å². The van der Waals surface area contributed by atoms with Gasteiger partial charge in [0.25, 0.3) is 0 Å². The van der Waals surface area contributed by atoms with Crippen molar-refractivity contribution in [1.29, 1.82) is 0 Å². The van der Waals surface area contributed by atoms with E-state index in [-0.39, 0.29) is 13.2 Å². The molecule has 0 spiro atoms. The van der Waals surface area contributed by atoms with Crippen molar-refractivity contribution >= 4 is 16.0 Å². The van der Waals surface area contributed by atoms with Crippen LogP contribution in [0.15, 0.2) is 30.3 Å². The molecule has 0 aliphatic rings. The summed E-state index contributed by atoms with van der Waals surface area (Å²) in [6.07, 6.45) is 0. The number of para-hydroxylation sites is 1. The molecule has 0 unspecified atom stereocenters. The second kappa shape index (κ2) is 6.36. The quantitative estimate of drug-likeness (QED) is 0.778. The van der Waals surface area contributed by atoms with Gasteiger partial charge in [-0.3, -0.25) is 4.79 Å². The standard InChI is InChI=1S/C11H15NO5S/c1-12(18(15,16)9-11(13)14)7-8-17-10-5-3-2-4-6-10/h2-6H,7-9H2,1H3,(H,13,14). The van der Waals surface area contributed by atoms with Crippen molar-refractivity contribution in [3.05, 3.63) is 30.3 Å². The van der Waals surface area contributed by atoms with E-state index in [1.807, 2.05) is 6.07 Å². The molecule has 0 saturated carbocycles. The number of carbonyl (C=O) groups is 1. The Morgan fingerprint density at radius 3 is 2.50 bits per heavy atom. The SMILES string of the molecule is CN(CCOc1ccccc1)S(=O)(=O)CC(=O)O. The largest absolute Gasteiger partial charge is 0.492 e. The highest BCUT2D eigenvalue weighted by Gasteiger charge is 2.21. The lowest BCUT2D eigenvalue weighted by molar-refractivity contribution is -0.134. The van der Waals surface area contributed by atoms with Gasteiger partial charge < -0.3 is 9.84 Å². The van der Waals surface area contributed by atoms with Crippen LogP contribution >= 0.6 is 0 Å². The highest BCUT2D eigenvalue weighted by Crippen LogP contribution is 2.08. The molecule has 0 radical (unpaired) electrons. The molecule has 0 atom stereocenters. The fourth-order valence-corrected chi connectivity index (χ4v) is 2.10. The topological polar surface area (TPSA) is 83.9 Å². The Hall–Kier alpha value is -1.60. The summed E-state index contributed by atoms with van der Waals surface area (Å²) in [4.78, 5) is 10.4. The van der Waals surface area contributed by atoms with Gasteiger partial charge in [-0.1, -0.05) is 18.2 Å². The van der Waals surface area contributed by atoms with Gasteiger partial charge in [-0.15, -0.1) is 0 Å². The number of nitrogens with zero attached hydrogens (tertiary/aromatic N) is 1. The summed E-state index contributed by atoms with van der Waals surface area (Å²) in [7, 11) is -2.43. The van der Waals surface area contributed by atoms with E-state index in [1.165, 1.54) is 7.05 Å². The summed E-state index contributed by atoms with van der Waals surface area (Å²) in [5.41, 5.74) is 0. The Kier molecular flexibility index (Phi) is 5.11. The van der Waals surface area contributed by atoms with E-state index < -0.39 is 21.7 Å². The van der Waals surface area contributed by atoms with Crippen molar-refractivity contribution in [3.63, 3.8) is 0 Å². The van der Waals surface area contributed by atoms with Gasteiger partial charge in [-0.05, 0) is 12.1 Å². The van der Waals surface area contributed by atoms with Gasteiger partial charge >= 0.3 is 5.97 Å². The first-order valence-electron chi connectivity index (χ1n) is 5.25. The molecule has 0 heterocycles. The van der Waals surface area contributed by atoms with Crippen molar-refractivity contribution < 1.29 is 23.1 Å². The lowest BCUT2D eigenvalue weighted by atomic mass is 10.3. The predicted molar refractivity (Wildman–Crippen MR) is 66.0 cm³/mol. The number of ether oxygens (including phenoxy) is 1. The molecule has 6 nitrogen and oxygen atoms in total. The Balaban J connectivity index is 2.42. The van der Waals surface area contributed by atoms with Crippen LogP contribution in [0.4, 0.5) is 0 Å². The molecule has 18 heavy (non-hydrogen) atoms. The summed E-state index contributed by atoms with van der Waals surface area (Å²) in [6, 6.07) is 8.97. The zero-order valence-electron chi connectivity index (χ0n) is 9.94. The van der Waals surface area contributed by atoms with E-state index in [0.717, 1.165) is 4.31 Å². The molecule has 0 aliphatic carbocycles. The summed E-state index contributed by atoms with van der Waals surface area (Å²) in [5, 5.41) is 8.46. The molecular formula is C11H15NO5S. The molecular weight excluding hydrogens is 258 g/mol. The number of hydrogen-bond acceptors (Lipinski definition) is 4. The monoisotopic (exact) mass is 273 g/mol. The van der Waals surface area contributed by atoms with Crippen LogP contribution in [-0.4, -0.2) is 49.8 Å². The first-order chi connectivity index (χ1) is 8.42. The number of likely N-dealkylation sites (N-methyl/N-ethyl adjacent to an activating group) is 1. The average Bonchev–Trinajstić information content (AvgIpc) is 2.28. The molecule has 0 fully saturated rings. The van der Waals surface area contributed by atoms with Crippen molar-refractivity contribution in [2.24, 2.45) is 0 Å². The van der Waals surface area contributed by atoms with Crippen LogP contribution in [0.1, 0.15) is 0 Å². The van der Waals surface area contributed by atoms with E-state index in [1.54, 1.807) is 24.3 Å². The van der Waals surface area contributed by atoms with Crippen LogP contribution in [0.2, 0.25) is 0 Å². The molecule has 100 valence electrons. The number of rotatable bonds is 7. The number of benzene rings is 1. The van der Waals surface area contributed by atoms with E-state index in [2.05, 4.69) is 0 Å². The molecule has 1 aromatic rings. The minimum absolute atomic E-state index is 0.102. The highest BCUT2D eigenvalue weighted by atomic mass is 32.2. The molecule has 0 bridgehead atoms. The highest BCUT2D eigenvalue weighted by molar-refractivity contribution is 7.89. The van der Waals surface area contributed by atoms with Crippen LogP contribution in [0.3, 0.4) is 0 Å². The van der Waals surface area contributed by atoms with Crippen molar-refractivity contribution in [2.45, 2.75) is 0 Å². The van der Waals surface area contributed by atoms with E-state index in [9.17, 15) is 13.2 Å². The molecule has 0 amide bonds. The van der Waals surface area contributed by atoms with Crippen LogP contribution in [0.5, 0.6) is 5.75 Å². The van der Waals surface area contributed by atoms with Crippen molar-refractivity contribution in [3.8, 4) is 5.75 Å². The molecule has 0 aromatic heterocycles. The fraction of sp³-hybridized carbons (Fsp3) is 0.364. The summed E-state index contributed by atoms with van der Waals surface area (Å²) < 4.78 is 29.2. The van der Waals surface area contributed by atoms with E-state index in [4.69, 9.17) is 9.84 Å². The second-order valence-corrected chi connectivity index (χ2v) is 5.71. The Morgan fingerprint density at radius 1 is 1.33 bits per heavy atom. The number of hydrogen-bond donors (Lipinski definition) is 1. The van der Waals surface area contributed by atoms with E-state index >= 15 is 0 Å². The third-order valence-electron chi connectivity index (χ3n) is 2.20. The molecule has 0 aliphatic heterocycles. The number of sulfonamides is 1. The lowest BCUT2D eigenvalue weighted by Crippen LogP contribution is -2.35. The summed E-state index contributed by atoms with van der Waals surface area (Å²) in [6.45, 7) is 0.268. The van der Waals surface area contributed by atoms with Gasteiger partial charge in [0.2, 0.25) is 10.0 Å². The lowest BCUT2D eigenvalue weighted by Gasteiger charge is -2.16. The van der Waals surface area contributed by atoms with Crippen LogP contribution in [0, 0.1) is 0 Å². The first-order valence-corrected chi connectivity index (χ1v) is 6.86. The third-order valence-corrected chi connectivity index (χ3v) is 3.94. The van der Waals surface area contributed by atoms with Gasteiger partial charge in [0.15, 0.2) is 5.75 Å². The maximum absolute atomic E-state index is 11.5. The average molecular weight is 273 g/mol. The molecule has 7 heteroatoms. The van der Waals surface area contributed by atoms with Crippen molar-refractivity contribution in [2.75, 3.05) is 26.0 Å². The fourth-order valence-electron chi connectivity index (χ4n) is 1.21. The second-order valence-electron chi connectivity index (χ2n) is 3.63. The maximum Gasteiger partial charge on any atom is 0.320 e. The molecule has 1 rings (SSSR count). The van der Waals surface area contributed by atoms with Gasteiger partial charge in [0.1, 0.15) is 12.4 Å². The Morgan fingerprint density at radius 2 is 1.94 bits per heavy atom. The number of aliphatic carboxylic acids is 1. The number of carboxylic acids is 1. The summed E-state index contributed by atoms with van der Waals surface area (Å²) >= 11 is 0. The molecule has 1 N–H and O–H groups in total. The molecule has 1 aromatic carbocycles. The van der Waals surface area contributed by atoms with Crippen LogP contribution < -0.4 is 4.74 Å². The van der Waals surface area contributed by atoms with E-state index in [0.29, 0.717) is 5.75 Å².